The van der Waals surface area contributed by atoms with Crippen LogP contribution >= 0.6 is 11.3 Å². The number of aryl methyl sites for hydroxylation is 1. The van der Waals surface area contributed by atoms with Crippen LogP contribution in [0.15, 0.2) is 24.3 Å². The SMILES string of the molecule is C[C@@H](Nc1ccccc1C(=O)NC[C@@H]1CCCO1)C(=O)Nc1sc2c(c1C#N)CCCCC2. The lowest BCUT2D eigenvalue weighted by Gasteiger charge is -2.18. The molecule has 1 aromatic carbocycles. The van der Waals surface area contributed by atoms with Crippen LogP contribution in [-0.4, -0.2) is 37.1 Å². The lowest BCUT2D eigenvalue weighted by molar-refractivity contribution is -0.116. The Bertz CT molecular complexity index is 1050. The Morgan fingerprint density at radius 1 is 1.21 bits per heavy atom. The van der Waals surface area contributed by atoms with Gasteiger partial charge in [-0.2, -0.15) is 5.26 Å². The van der Waals surface area contributed by atoms with E-state index in [-0.39, 0.29) is 17.9 Å². The number of hydrogen-bond acceptors (Lipinski definition) is 6. The lowest BCUT2D eigenvalue weighted by Crippen LogP contribution is -2.34. The summed E-state index contributed by atoms with van der Waals surface area (Å²) >= 11 is 1.52. The number of nitrogens with zero attached hydrogens (tertiary/aromatic N) is 1. The quantitative estimate of drug-likeness (QED) is 0.530. The maximum absolute atomic E-state index is 13.0. The zero-order chi connectivity index (χ0) is 23.2. The van der Waals surface area contributed by atoms with Gasteiger partial charge in [0.15, 0.2) is 0 Å². The molecule has 2 heterocycles. The van der Waals surface area contributed by atoms with Crippen molar-refractivity contribution >= 4 is 33.8 Å². The van der Waals surface area contributed by atoms with Gasteiger partial charge in [0.05, 0.1) is 17.2 Å². The van der Waals surface area contributed by atoms with E-state index in [0.29, 0.717) is 28.4 Å². The van der Waals surface area contributed by atoms with Crippen molar-refractivity contribution in [1.82, 2.24) is 5.32 Å². The topological polar surface area (TPSA) is 103 Å². The normalized spacial score (nSPS) is 18.5. The molecule has 4 rings (SSSR count). The number of anilines is 2. The molecule has 7 nitrogen and oxygen atoms in total. The molecule has 8 heteroatoms. The third kappa shape index (κ3) is 5.55. The van der Waals surface area contributed by atoms with E-state index in [1.165, 1.54) is 22.6 Å². The van der Waals surface area contributed by atoms with E-state index in [1.807, 2.05) is 6.07 Å². The van der Waals surface area contributed by atoms with Crippen molar-refractivity contribution in [3.63, 3.8) is 0 Å². The van der Waals surface area contributed by atoms with Gasteiger partial charge in [-0.3, -0.25) is 9.59 Å². The summed E-state index contributed by atoms with van der Waals surface area (Å²) in [4.78, 5) is 26.9. The lowest BCUT2D eigenvalue weighted by atomic mass is 10.1. The van der Waals surface area contributed by atoms with Crippen LogP contribution in [0, 0.1) is 11.3 Å². The second-order valence-electron chi connectivity index (χ2n) is 8.63. The smallest absolute Gasteiger partial charge is 0.253 e. The van der Waals surface area contributed by atoms with Crippen molar-refractivity contribution in [3.05, 3.63) is 45.8 Å². The van der Waals surface area contributed by atoms with E-state index < -0.39 is 6.04 Å². The average molecular weight is 467 g/mol. The van der Waals surface area contributed by atoms with Gasteiger partial charge in [-0.15, -0.1) is 11.3 Å². The predicted octanol–water partition coefficient (Wildman–Crippen LogP) is 4.24. The number of benzene rings is 1. The van der Waals surface area contributed by atoms with Crippen LogP contribution in [0.1, 0.15) is 65.4 Å². The molecule has 1 aromatic heterocycles. The molecule has 1 saturated heterocycles. The number of carbonyl (C=O) groups is 2. The fraction of sp³-hybridized carbons (Fsp3) is 0.480. The Balaban J connectivity index is 1.41. The van der Waals surface area contributed by atoms with Gasteiger partial charge in [-0.1, -0.05) is 18.6 Å². The van der Waals surface area contributed by atoms with Crippen molar-refractivity contribution in [2.24, 2.45) is 0 Å². The van der Waals surface area contributed by atoms with E-state index >= 15 is 0 Å². The summed E-state index contributed by atoms with van der Waals surface area (Å²) < 4.78 is 5.57. The second-order valence-corrected chi connectivity index (χ2v) is 9.73. The summed E-state index contributed by atoms with van der Waals surface area (Å²) in [6, 6.07) is 8.86. The first-order valence-electron chi connectivity index (χ1n) is 11.7. The first kappa shape index (κ1) is 23.3. The Morgan fingerprint density at radius 3 is 2.82 bits per heavy atom. The van der Waals surface area contributed by atoms with E-state index in [1.54, 1.807) is 25.1 Å². The predicted molar refractivity (Wildman–Crippen MR) is 130 cm³/mol. The number of nitrogens with one attached hydrogen (secondary N) is 3. The van der Waals surface area contributed by atoms with Crippen LogP contribution in [0.2, 0.25) is 0 Å². The minimum atomic E-state index is -0.592. The standard InChI is InChI=1S/C25H30N4O3S/c1-16(23(30)29-25-20(14-26)18-9-3-2-4-12-22(18)33-25)28-21-11-6-5-10-19(21)24(31)27-15-17-8-7-13-32-17/h5-6,10-11,16-17,28H,2-4,7-9,12-13,15H2,1H3,(H,27,31)(H,29,30)/t16-,17+/m1/s1. The van der Waals surface area contributed by atoms with Crippen molar-refractivity contribution in [3.8, 4) is 6.07 Å². The van der Waals surface area contributed by atoms with E-state index in [4.69, 9.17) is 4.74 Å². The molecule has 0 saturated carbocycles. The van der Waals surface area contributed by atoms with Crippen LogP contribution in [0.4, 0.5) is 10.7 Å². The molecule has 1 aliphatic carbocycles. The molecule has 2 atom stereocenters. The molecule has 0 spiro atoms. The number of ether oxygens (including phenoxy) is 1. The van der Waals surface area contributed by atoms with E-state index in [0.717, 1.165) is 50.7 Å². The molecule has 1 fully saturated rings. The van der Waals surface area contributed by atoms with Gasteiger partial charge in [0, 0.05) is 23.7 Å². The molecule has 174 valence electrons. The van der Waals surface area contributed by atoms with Crippen LogP contribution in [0.25, 0.3) is 0 Å². The molecule has 3 N–H and O–H groups in total. The van der Waals surface area contributed by atoms with Gasteiger partial charge in [-0.25, -0.2) is 0 Å². The molecular weight excluding hydrogens is 436 g/mol. The highest BCUT2D eigenvalue weighted by molar-refractivity contribution is 7.16. The summed E-state index contributed by atoms with van der Waals surface area (Å²) in [5.41, 5.74) is 2.78. The number of fused-ring (bicyclic) bond motifs is 1. The maximum atomic E-state index is 13.0. The Labute approximate surface area is 198 Å². The molecule has 2 amide bonds. The van der Waals surface area contributed by atoms with Crippen molar-refractivity contribution in [2.75, 3.05) is 23.8 Å². The molecular formula is C25H30N4O3S. The highest BCUT2D eigenvalue weighted by Gasteiger charge is 2.24. The largest absolute Gasteiger partial charge is 0.376 e. The van der Waals surface area contributed by atoms with Crippen LogP contribution in [-0.2, 0) is 22.4 Å². The van der Waals surface area contributed by atoms with Gasteiger partial charge >= 0.3 is 0 Å². The summed E-state index contributed by atoms with van der Waals surface area (Å²) in [7, 11) is 0. The van der Waals surface area contributed by atoms with Gasteiger partial charge in [-0.05, 0) is 63.1 Å². The minimum absolute atomic E-state index is 0.0639. The van der Waals surface area contributed by atoms with Crippen LogP contribution in [0.3, 0.4) is 0 Å². The summed E-state index contributed by atoms with van der Waals surface area (Å²) in [5, 5.41) is 19.4. The molecule has 0 bridgehead atoms. The van der Waals surface area contributed by atoms with E-state index in [9.17, 15) is 14.9 Å². The number of amides is 2. The van der Waals surface area contributed by atoms with Gasteiger partial charge < -0.3 is 20.7 Å². The fourth-order valence-corrected chi connectivity index (χ4v) is 5.62. The number of nitriles is 1. The zero-order valence-electron chi connectivity index (χ0n) is 18.9. The van der Waals surface area contributed by atoms with Gasteiger partial charge in [0.25, 0.3) is 5.91 Å². The summed E-state index contributed by atoms with van der Waals surface area (Å²) in [6.07, 6.45) is 7.27. The summed E-state index contributed by atoms with van der Waals surface area (Å²) in [6.45, 7) is 2.97. The average Bonchev–Trinajstić information content (AvgIpc) is 3.39. The monoisotopic (exact) mass is 466 g/mol. The molecule has 33 heavy (non-hydrogen) atoms. The number of carbonyl (C=O) groups excluding carboxylic acids is 2. The van der Waals surface area contributed by atoms with Crippen molar-refractivity contribution in [2.45, 2.75) is 64.0 Å². The third-order valence-corrected chi connectivity index (χ3v) is 7.43. The highest BCUT2D eigenvalue weighted by Crippen LogP contribution is 2.37. The summed E-state index contributed by atoms with van der Waals surface area (Å²) in [5.74, 6) is -0.438. The minimum Gasteiger partial charge on any atom is -0.376 e. The second kappa shape index (κ2) is 10.8. The van der Waals surface area contributed by atoms with E-state index in [2.05, 4.69) is 22.0 Å². The molecule has 2 aromatic rings. The molecule has 0 radical (unpaired) electrons. The molecule has 0 unspecified atom stereocenters. The van der Waals surface area contributed by atoms with Crippen molar-refractivity contribution < 1.29 is 14.3 Å². The third-order valence-electron chi connectivity index (χ3n) is 6.22. The number of thiophene rings is 1. The molecule has 1 aliphatic heterocycles. The first-order chi connectivity index (χ1) is 16.1. The van der Waals surface area contributed by atoms with Crippen LogP contribution in [0.5, 0.6) is 0 Å². The molecule has 2 aliphatic rings. The number of para-hydroxylation sites is 1. The van der Waals surface area contributed by atoms with Crippen molar-refractivity contribution in [1.29, 1.82) is 5.26 Å². The highest BCUT2D eigenvalue weighted by atomic mass is 32.1. The van der Waals surface area contributed by atoms with Gasteiger partial charge in [0.2, 0.25) is 5.91 Å². The first-order valence-corrected chi connectivity index (χ1v) is 12.5. The Morgan fingerprint density at radius 2 is 2.03 bits per heavy atom. The Kier molecular flexibility index (Phi) is 7.63. The number of rotatable bonds is 7. The fourth-order valence-electron chi connectivity index (χ4n) is 4.38. The number of hydrogen-bond donors (Lipinski definition) is 3. The van der Waals surface area contributed by atoms with Gasteiger partial charge in [0.1, 0.15) is 17.1 Å². The van der Waals surface area contributed by atoms with Crippen LogP contribution < -0.4 is 16.0 Å². The zero-order valence-corrected chi connectivity index (χ0v) is 19.7. The Hall–Kier alpha value is -2.89. The maximum Gasteiger partial charge on any atom is 0.253 e.